The van der Waals surface area contributed by atoms with E-state index in [-0.39, 0.29) is 13.0 Å². The van der Waals surface area contributed by atoms with Gasteiger partial charge < -0.3 is 45.1 Å². The fraction of sp³-hybridized carbons (Fsp3) is 0.811. The minimum atomic E-state index is -1.62. The van der Waals surface area contributed by atoms with Gasteiger partial charge in [-0.2, -0.15) is 0 Å². The van der Waals surface area contributed by atoms with Crippen LogP contribution in [0, 0.1) is 0 Å². The van der Waals surface area contributed by atoms with Crippen LogP contribution in [0.15, 0.2) is 72.9 Å². The summed E-state index contributed by atoms with van der Waals surface area (Å²) in [4.78, 5) is 26.7. The van der Waals surface area contributed by atoms with Crippen molar-refractivity contribution in [2.75, 3.05) is 13.2 Å². The number of carbonyl (C=O) groups is 2. The molecule has 1 heterocycles. The summed E-state index contributed by atoms with van der Waals surface area (Å²) in [6, 6.07) is -1.03. The minimum absolute atomic E-state index is 0.109. The van der Waals surface area contributed by atoms with Gasteiger partial charge >= 0.3 is 5.97 Å². The second-order valence-electron chi connectivity index (χ2n) is 24.6. The summed E-state index contributed by atoms with van der Waals surface area (Å²) in [7, 11) is 0. The first-order valence-corrected chi connectivity index (χ1v) is 35.7. The van der Waals surface area contributed by atoms with Crippen LogP contribution in [0.4, 0.5) is 0 Å². The Hall–Kier alpha value is -2.90. The van der Waals surface area contributed by atoms with Crippen molar-refractivity contribution < 1.29 is 49.3 Å². The number of aliphatic hydroxyl groups is 5. The number of rotatable bonds is 61. The average Bonchev–Trinajstić information content (AvgIpc) is 2.90. The molecule has 494 valence electrons. The highest BCUT2D eigenvalue weighted by molar-refractivity contribution is 5.80. The molecule has 11 nitrogen and oxygen atoms in total. The molecule has 8 atom stereocenters. The van der Waals surface area contributed by atoms with Crippen LogP contribution >= 0.6 is 0 Å². The van der Waals surface area contributed by atoms with E-state index in [2.05, 4.69) is 86.8 Å². The number of esters is 1. The Balaban J connectivity index is 2.56. The van der Waals surface area contributed by atoms with Crippen LogP contribution in [0.3, 0.4) is 0 Å². The Kier molecular flexibility index (Phi) is 57.8. The van der Waals surface area contributed by atoms with Crippen LogP contribution in [0.25, 0.3) is 0 Å². The van der Waals surface area contributed by atoms with E-state index in [1.54, 1.807) is 6.08 Å². The third kappa shape index (κ3) is 48.7. The fourth-order valence-electron chi connectivity index (χ4n) is 11.0. The van der Waals surface area contributed by atoms with Crippen molar-refractivity contribution in [3.8, 4) is 0 Å². The van der Waals surface area contributed by atoms with Gasteiger partial charge in [0.1, 0.15) is 24.4 Å². The number of amides is 1. The van der Waals surface area contributed by atoms with Crippen molar-refractivity contribution in [2.24, 2.45) is 0 Å². The highest BCUT2D eigenvalue weighted by Crippen LogP contribution is 2.26. The molecule has 0 saturated carbocycles. The number of unbranched alkanes of at least 4 members (excludes halogenated alkanes) is 37. The molecule has 0 aliphatic carbocycles. The summed E-state index contributed by atoms with van der Waals surface area (Å²) < 4.78 is 17.7. The van der Waals surface area contributed by atoms with Crippen molar-refractivity contribution in [1.29, 1.82) is 0 Å². The second kappa shape index (κ2) is 61.3. The summed E-state index contributed by atoms with van der Waals surface area (Å²) in [5.41, 5.74) is 0. The molecule has 1 aliphatic heterocycles. The van der Waals surface area contributed by atoms with Gasteiger partial charge in [-0.15, -0.1) is 0 Å². The number of hydrogen-bond donors (Lipinski definition) is 6. The predicted octanol–water partition coefficient (Wildman–Crippen LogP) is 18.3. The molecular weight excluding hydrogens is 1060 g/mol. The first-order valence-electron chi connectivity index (χ1n) is 35.7. The molecule has 1 aliphatic rings. The molecule has 85 heavy (non-hydrogen) atoms. The zero-order chi connectivity index (χ0) is 61.7. The lowest BCUT2D eigenvalue weighted by atomic mass is 9.99. The molecule has 0 radical (unpaired) electrons. The summed E-state index contributed by atoms with van der Waals surface area (Å²) in [6.07, 6.45) is 69.5. The maximum Gasteiger partial charge on any atom is 0.306 e. The van der Waals surface area contributed by atoms with Gasteiger partial charge in [0.2, 0.25) is 5.91 Å². The third-order valence-corrected chi connectivity index (χ3v) is 16.6. The van der Waals surface area contributed by atoms with Gasteiger partial charge in [0, 0.05) is 6.42 Å². The third-order valence-electron chi connectivity index (χ3n) is 16.6. The van der Waals surface area contributed by atoms with Gasteiger partial charge in [-0.1, -0.05) is 318 Å². The first-order chi connectivity index (χ1) is 41.7. The minimum Gasteiger partial charge on any atom is -0.454 e. The molecular formula is C74H133NO10. The van der Waals surface area contributed by atoms with Crippen molar-refractivity contribution in [2.45, 2.75) is 372 Å². The molecule has 0 aromatic rings. The standard InChI is InChI=1S/C74H133NO10/c1-4-7-10-13-16-19-22-24-26-28-30-32-34-36-38-40-42-44-47-50-53-56-59-62-69(79)85-72-71(81)70(80)68(63-76)84-74(72)83-64-65(66(77)60-57-54-51-48-45-21-18-15-12-9-6-3)75-73(82)67(78)61-58-55-52-49-46-43-41-39-37-35-33-31-29-27-25-23-20-17-14-11-8-5-2/h7,10,16,19,24,26,30,32,36,38,57,60,65-68,70-72,74,76-78,80-81H,4-6,8-9,11-15,17-18,20-23,25,27-29,31,33-35,37,39-56,58-59,61-64H2,1-3H3,(H,75,82)/b10-7-,19-16-,26-24-,32-30-,38-36-,60-57+. The van der Waals surface area contributed by atoms with Gasteiger partial charge in [-0.25, -0.2) is 0 Å². The van der Waals surface area contributed by atoms with Gasteiger partial charge in [0.05, 0.1) is 25.4 Å². The van der Waals surface area contributed by atoms with Crippen molar-refractivity contribution in [1.82, 2.24) is 5.32 Å². The highest BCUT2D eigenvalue weighted by atomic mass is 16.7. The molecule has 1 fully saturated rings. The molecule has 0 bridgehead atoms. The van der Waals surface area contributed by atoms with E-state index in [4.69, 9.17) is 14.2 Å². The highest BCUT2D eigenvalue weighted by Gasteiger charge is 2.47. The van der Waals surface area contributed by atoms with Crippen molar-refractivity contribution in [3.63, 3.8) is 0 Å². The zero-order valence-corrected chi connectivity index (χ0v) is 55.0. The normalized spacial score (nSPS) is 18.8. The molecule has 8 unspecified atom stereocenters. The van der Waals surface area contributed by atoms with Gasteiger partial charge in [0.25, 0.3) is 0 Å². The van der Waals surface area contributed by atoms with Crippen LogP contribution < -0.4 is 5.32 Å². The number of nitrogens with one attached hydrogen (secondary N) is 1. The number of allylic oxidation sites excluding steroid dienone is 11. The number of aliphatic hydroxyl groups excluding tert-OH is 5. The van der Waals surface area contributed by atoms with Gasteiger partial charge in [0.15, 0.2) is 12.4 Å². The van der Waals surface area contributed by atoms with Crippen molar-refractivity contribution >= 4 is 11.9 Å². The number of hydrogen-bond acceptors (Lipinski definition) is 10. The topological polar surface area (TPSA) is 175 Å². The van der Waals surface area contributed by atoms with E-state index in [9.17, 15) is 35.1 Å². The Labute approximate surface area is 521 Å². The lowest BCUT2D eigenvalue weighted by Gasteiger charge is -2.41. The summed E-state index contributed by atoms with van der Waals surface area (Å²) >= 11 is 0. The largest absolute Gasteiger partial charge is 0.454 e. The van der Waals surface area contributed by atoms with Crippen LogP contribution in [0.5, 0.6) is 0 Å². The predicted molar refractivity (Wildman–Crippen MR) is 356 cm³/mol. The van der Waals surface area contributed by atoms with E-state index in [0.29, 0.717) is 19.3 Å². The molecule has 1 rings (SSSR count). The average molecular weight is 1200 g/mol. The van der Waals surface area contributed by atoms with E-state index in [0.717, 1.165) is 116 Å². The quantitative estimate of drug-likeness (QED) is 0.0195. The summed E-state index contributed by atoms with van der Waals surface area (Å²) in [5.74, 6) is -1.20. The van der Waals surface area contributed by atoms with E-state index in [1.165, 1.54) is 161 Å². The van der Waals surface area contributed by atoms with Crippen LogP contribution in [-0.4, -0.2) is 99.6 Å². The first kappa shape index (κ1) is 80.1. The molecule has 11 heteroatoms. The molecule has 0 spiro atoms. The van der Waals surface area contributed by atoms with Crippen molar-refractivity contribution in [3.05, 3.63) is 72.9 Å². The molecule has 6 N–H and O–H groups in total. The van der Waals surface area contributed by atoms with Crippen LogP contribution in [0.2, 0.25) is 0 Å². The van der Waals surface area contributed by atoms with Gasteiger partial charge in [-0.05, 0) is 70.6 Å². The molecule has 1 saturated heterocycles. The Morgan fingerprint density at radius 1 is 0.471 bits per heavy atom. The van der Waals surface area contributed by atoms with E-state index < -0.39 is 67.4 Å². The van der Waals surface area contributed by atoms with Crippen LogP contribution in [-0.2, 0) is 23.8 Å². The fourth-order valence-corrected chi connectivity index (χ4v) is 11.0. The SMILES string of the molecule is CC/C=C\C/C=C\C/C=C\C/C=C\C/C=C\CCCCCCCCCC(=O)OC1C(OCC(NC(=O)C(O)CCCCCCCCCCCCCCCCCCCCCCCC)C(O)/C=C/CCCCCCCCCCC)OC(CO)C(O)C1O. The smallest absolute Gasteiger partial charge is 0.306 e. The van der Waals surface area contributed by atoms with Crippen LogP contribution in [0.1, 0.15) is 323 Å². The second-order valence-corrected chi connectivity index (χ2v) is 24.6. The summed E-state index contributed by atoms with van der Waals surface area (Å²) in [5, 5.41) is 57.2. The molecule has 1 amide bonds. The van der Waals surface area contributed by atoms with E-state index >= 15 is 0 Å². The number of carbonyl (C=O) groups excluding carboxylic acids is 2. The number of ether oxygens (including phenoxy) is 3. The maximum atomic E-state index is 13.5. The lowest BCUT2D eigenvalue weighted by molar-refractivity contribution is -0.305. The monoisotopic (exact) mass is 1200 g/mol. The Bertz CT molecular complexity index is 1660. The lowest BCUT2D eigenvalue weighted by Crippen LogP contribution is -2.61. The molecule has 0 aromatic heterocycles. The Morgan fingerprint density at radius 2 is 0.847 bits per heavy atom. The van der Waals surface area contributed by atoms with E-state index in [1.807, 2.05) is 6.08 Å². The Morgan fingerprint density at radius 3 is 1.27 bits per heavy atom. The van der Waals surface area contributed by atoms with Gasteiger partial charge in [-0.3, -0.25) is 9.59 Å². The zero-order valence-electron chi connectivity index (χ0n) is 55.0. The summed E-state index contributed by atoms with van der Waals surface area (Å²) in [6.45, 7) is 5.70. The maximum absolute atomic E-state index is 13.5. The molecule has 0 aromatic carbocycles.